The van der Waals surface area contributed by atoms with E-state index in [2.05, 4.69) is 6.92 Å². The van der Waals surface area contributed by atoms with Crippen molar-refractivity contribution in [1.82, 2.24) is 4.90 Å². The molecule has 0 spiro atoms. The fourth-order valence-corrected chi connectivity index (χ4v) is 3.12. The first-order valence-electron chi connectivity index (χ1n) is 6.74. The van der Waals surface area contributed by atoms with Crippen LogP contribution in [0.2, 0.25) is 0 Å². The van der Waals surface area contributed by atoms with Gasteiger partial charge in [0.1, 0.15) is 0 Å². The SMILES string of the molecule is CCC1(C(=O)N2CCOC(CO)C2)CCCC1. The van der Waals surface area contributed by atoms with Crippen LogP contribution in [0, 0.1) is 5.41 Å². The zero-order valence-electron chi connectivity index (χ0n) is 10.7. The van der Waals surface area contributed by atoms with E-state index in [-0.39, 0.29) is 18.1 Å². The van der Waals surface area contributed by atoms with E-state index in [9.17, 15) is 4.79 Å². The second kappa shape index (κ2) is 5.36. The number of morpholine rings is 1. The van der Waals surface area contributed by atoms with Crippen molar-refractivity contribution in [3.63, 3.8) is 0 Å². The van der Waals surface area contributed by atoms with Gasteiger partial charge >= 0.3 is 0 Å². The summed E-state index contributed by atoms with van der Waals surface area (Å²) in [7, 11) is 0. The highest BCUT2D eigenvalue weighted by Gasteiger charge is 2.42. The summed E-state index contributed by atoms with van der Waals surface area (Å²) < 4.78 is 5.39. The first kappa shape index (κ1) is 12.8. The molecule has 2 rings (SSSR count). The summed E-state index contributed by atoms with van der Waals surface area (Å²) in [6, 6.07) is 0. The van der Waals surface area contributed by atoms with Crippen molar-refractivity contribution < 1.29 is 14.6 Å². The van der Waals surface area contributed by atoms with E-state index in [0.717, 1.165) is 19.3 Å². The third kappa shape index (κ3) is 2.47. The van der Waals surface area contributed by atoms with Gasteiger partial charge in [-0.1, -0.05) is 19.8 Å². The van der Waals surface area contributed by atoms with E-state index in [1.54, 1.807) is 0 Å². The van der Waals surface area contributed by atoms with Crippen molar-refractivity contribution in [3.8, 4) is 0 Å². The minimum absolute atomic E-state index is 0.00288. The van der Waals surface area contributed by atoms with Crippen LogP contribution in [0.5, 0.6) is 0 Å². The van der Waals surface area contributed by atoms with Gasteiger partial charge in [-0.2, -0.15) is 0 Å². The average Bonchev–Trinajstić information content (AvgIpc) is 2.88. The molecule has 0 bridgehead atoms. The molecule has 1 aliphatic carbocycles. The molecular formula is C13H23NO3. The first-order chi connectivity index (χ1) is 8.22. The molecule has 0 radical (unpaired) electrons. The summed E-state index contributed by atoms with van der Waals surface area (Å²) >= 11 is 0. The minimum atomic E-state index is -0.192. The van der Waals surface area contributed by atoms with Gasteiger partial charge in [0.25, 0.3) is 0 Å². The van der Waals surface area contributed by atoms with Gasteiger partial charge in [0.05, 0.1) is 19.3 Å². The summed E-state index contributed by atoms with van der Waals surface area (Å²) in [5.74, 6) is 0.291. The molecule has 0 aromatic rings. The van der Waals surface area contributed by atoms with Crippen LogP contribution in [0.3, 0.4) is 0 Å². The molecule has 1 saturated carbocycles. The maximum Gasteiger partial charge on any atom is 0.228 e. The Morgan fingerprint density at radius 2 is 2.18 bits per heavy atom. The summed E-state index contributed by atoms with van der Waals surface area (Å²) in [6.45, 7) is 3.90. The number of aliphatic hydroxyl groups is 1. The van der Waals surface area contributed by atoms with E-state index in [1.165, 1.54) is 12.8 Å². The number of aliphatic hydroxyl groups excluding tert-OH is 1. The summed E-state index contributed by atoms with van der Waals surface area (Å²) in [4.78, 5) is 14.5. The lowest BCUT2D eigenvalue weighted by molar-refractivity contribution is -0.151. The highest BCUT2D eigenvalue weighted by Crippen LogP contribution is 2.42. The predicted molar refractivity (Wildman–Crippen MR) is 64.6 cm³/mol. The molecule has 98 valence electrons. The van der Waals surface area contributed by atoms with Crippen molar-refractivity contribution in [2.45, 2.75) is 45.1 Å². The average molecular weight is 241 g/mol. The molecule has 2 fully saturated rings. The van der Waals surface area contributed by atoms with Gasteiger partial charge in [-0.05, 0) is 19.3 Å². The van der Waals surface area contributed by atoms with Crippen molar-refractivity contribution in [3.05, 3.63) is 0 Å². The van der Waals surface area contributed by atoms with Gasteiger partial charge in [-0.25, -0.2) is 0 Å². The van der Waals surface area contributed by atoms with E-state index < -0.39 is 0 Å². The topological polar surface area (TPSA) is 49.8 Å². The van der Waals surface area contributed by atoms with Crippen LogP contribution in [-0.4, -0.2) is 48.3 Å². The highest BCUT2D eigenvalue weighted by atomic mass is 16.5. The number of ether oxygens (including phenoxy) is 1. The molecule has 0 aromatic heterocycles. The van der Waals surface area contributed by atoms with Gasteiger partial charge in [0.2, 0.25) is 5.91 Å². The minimum Gasteiger partial charge on any atom is -0.394 e. The molecule has 1 saturated heterocycles. The standard InChI is InChI=1S/C13H23NO3/c1-2-13(5-3-4-6-13)12(16)14-7-8-17-11(9-14)10-15/h11,15H,2-10H2,1H3. The lowest BCUT2D eigenvalue weighted by Gasteiger charge is -2.38. The molecule has 1 atom stereocenters. The summed E-state index contributed by atoms with van der Waals surface area (Å²) in [5, 5.41) is 9.11. The Morgan fingerprint density at radius 1 is 1.47 bits per heavy atom. The monoisotopic (exact) mass is 241 g/mol. The lowest BCUT2D eigenvalue weighted by atomic mass is 9.81. The van der Waals surface area contributed by atoms with Gasteiger partial charge < -0.3 is 14.7 Å². The molecule has 4 nitrogen and oxygen atoms in total. The Bertz CT molecular complexity index is 274. The number of amides is 1. The van der Waals surface area contributed by atoms with Gasteiger partial charge in [0.15, 0.2) is 0 Å². The number of carbonyl (C=O) groups is 1. The third-order valence-corrected chi connectivity index (χ3v) is 4.32. The molecule has 2 aliphatic rings. The molecule has 1 N–H and O–H groups in total. The van der Waals surface area contributed by atoms with Crippen LogP contribution in [0.4, 0.5) is 0 Å². The fourth-order valence-electron chi connectivity index (χ4n) is 3.12. The number of carbonyl (C=O) groups excluding carboxylic acids is 1. The van der Waals surface area contributed by atoms with Crippen LogP contribution in [0.15, 0.2) is 0 Å². The Labute approximate surface area is 103 Å². The second-order valence-electron chi connectivity index (χ2n) is 5.27. The van der Waals surface area contributed by atoms with Crippen LogP contribution in [0.1, 0.15) is 39.0 Å². The smallest absolute Gasteiger partial charge is 0.228 e. The van der Waals surface area contributed by atoms with Gasteiger partial charge in [-0.3, -0.25) is 4.79 Å². The fraction of sp³-hybridized carbons (Fsp3) is 0.923. The van der Waals surface area contributed by atoms with Crippen molar-refractivity contribution in [1.29, 1.82) is 0 Å². The second-order valence-corrected chi connectivity index (χ2v) is 5.27. The largest absolute Gasteiger partial charge is 0.394 e. The van der Waals surface area contributed by atoms with E-state index in [0.29, 0.717) is 25.6 Å². The number of nitrogens with zero attached hydrogens (tertiary/aromatic N) is 1. The normalized spacial score (nSPS) is 28.4. The Hall–Kier alpha value is -0.610. The zero-order valence-corrected chi connectivity index (χ0v) is 10.7. The van der Waals surface area contributed by atoms with Crippen LogP contribution in [-0.2, 0) is 9.53 Å². The molecule has 1 aliphatic heterocycles. The van der Waals surface area contributed by atoms with Gasteiger partial charge in [-0.15, -0.1) is 0 Å². The van der Waals surface area contributed by atoms with Gasteiger partial charge in [0, 0.05) is 18.5 Å². The maximum atomic E-state index is 12.6. The first-order valence-corrected chi connectivity index (χ1v) is 6.74. The Kier molecular flexibility index (Phi) is 4.05. The zero-order chi connectivity index (χ0) is 12.3. The molecule has 1 unspecified atom stereocenters. The van der Waals surface area contributed by atoms with Crippen LogP contribution < -0.4 is 0 Å². The van der Waals surface area contributed by atoms with Crippen LogP contribution >= 0.6 is 0 Å². The summed E-state index contributed by atoms with van der Waals surface area (Å²) in [5.41, 5.74) is -0.114. The molecule has 0 aromatic carbocycles. The van der Waals surface area contributed by atoms with E-state index in [4.69, 9.17) is 9.84 Å². The summed E-state index contributed by atoms with van der Waals surface area (Å²) in [6.07, 6.45) is 5.16. The molecule has 1 amide bonds. The van der Waals surface area contributed by atoms with Crippen LogP contribution in [0.25, 0.3) is 0 Å². The number of hydrogen-bond acceptors (Lipinski definition) is 3. The van der Waals surface area contributed by atoms with Crippen molar-refractivity contribution in [2.24, 2.45) is 5.41 Å². The molecule has 1 heterocycles. The van der Waals surface area contributed by atoms with E-state index in [1.807, 2.05) is 4.90 Å². The highest BCUT2D eigenvalue weighted by molar-refractivity contribution is 5.83. The Morgan fingerprint density at radius 3 is 2.76 bits per heavy atom. The quantitative estimate of drug-likeness (QED) is 0.807. The molecule has 17 heavy (non-hydrogen) atoms. The Balaban J connectivity index is 2.03. The van der Waals surface area contributed by atoms with E-state index >= 15 is 0 Å². The predicted octanol–water partition coefficient (Wildman–Crippen LogP) is 1.18. The van der Waals surface area contributed by atoms with Crippen molar-refractivity contribution in [2.75, 3.05) is 26.3 Å². The third-order valence-electron chi connectivity index (χ3n) is 4.32. The van der Waals surface area contributed by atoms with Crippen molar-refractivity contribution >= 4 is 5.91 Å². The molecule has 4 heteroatoms. The number of rotatable bonds is 3. The lowest BCUT2D eigenvalue weighted by Crippen LogP contribution is -2.51. The maximum absolute atomic E-state index is 12.6. The molecular weight excluding hydrogens is 218 g/mol. The number of hydrogen-bond donors (Lipinski definition) is 1.